The average molecular weight is 314 g/mol. The van der Waals surface area contributed by atoms with E-state index in [2.05, 4.69) is 16.7 Å². The van der Waals surface area contributed by atoms with E-state index >= 15 is 0 Å². The molecule has 0 unspecified atom stereocenters. The van der Waals surface area contributed by atoms with Crippen molar-refractivity contribution in [3.63, 3.8) is 0 Å². The summed E-state index contributed by atoms with van der Waals surface area (Å²) in [4.78, 5) is 2.20. The Balaban J connectivity index is 2.18. The van der Waals surface area contributed by atoms with Crippen LogP contribution in [0.1, 0.15) is 5.56 Å². The van der Waals surface area contributed by atoms with Gasteiger partial charge in [0.1, 0.15) is 12.4 Å². The van der Waals surface area contributed by atoms with Crippen molar-refractivity contribution in [2.45, 2.75) is 4.90 Å². The fraction of sp³-hybridized carbons (Fsp3) is 0.385. The Morgan fingerprint density at radius 2 is 2.10 bits per heavy atom. The summed E-state index contributed by atoms with van der Waals surface area (Å²) >= 11 is 0. The lowest BCUT2D eigenvalue weighted by molar-refractivity contribution is 0.0272. The molecule has 1 saturated heterocycles. The smallest absolute Gasteiger partial charge is 0.253 e. The van der Waals surface area contributed by atoms with Gasteiger partial charge < -0.3 is 9.84 Å². The van der Waals surface area contributed by atoms with Crippen LogP contribution in [0.2, 0.25) is 0 Å². The second-order valence-electron chi connectivity index (χ2n) is 4.30. The van der Waals surface area contributed by atoms with Crippen LogP contribution >= 0.6 is 0 Å². The van der Waals surface area contributed by atoms with Crippen molar-refractivity contribution in [2.24, 2.45) is 0 Å². The maximum Gasteiger partial charge on any atom is 0.253 e. The minimum atomic E-state index is -3.84. The zero-order chi connectivity index (χ0) is 15.3. The van der Waals surface area contributed by atoms with Crippen LogP contribution in [-0.4, -0.2) is 51.4 Å². The topological polar surface area (TPSA) is 78.9 Å². The number of hydrogen-bond donors (Lipinski definition) is 2. The van der Waals surface area contributed by atoms with Crippen molar-refractivity contribution in [3.8, 4) is 11.8 Å². The molecule has 0 radical (unpaired) electrons. The number of halogens is 1. The maximum absolute atomic E-state index is 13.8. The quantitative estimate of drug-likeness (QED) is 0.749. The zero-order valence-corrected chi connectivity index (χ0v) is 12.0. The molecule has 1 aliphatic heterocycles. The van der Waals surface area contributed by atoms with Crippen molar-refractivity contribution < 1.29 is 22.7 Å². The van der Waals surface area contributed by atoms with Crippen LogP contribution in [0.5, 0.6) is 0 Å². The Labute approximate surface area is 122 Å². The van der Waals surface area contributed by atoms with E-state index in [1.165, 1.54) is 17.1 Å². The second-order valence-corrected chi connectivity index (χ2v) is 5.96. The summed E-state index contributed by atoms with van der Waals surface area (Å²) in [6.45, 7) is 1.35. The van der Waals surface area contributed by atoms with Gasteiger partial charge in [-0.15, -0.1) is 4.83 Å². The minimum Gasteiger partial charge on any atom is -0.384 e. The molecule has 2 rings (SSSR count). The number of benzene rings is 1. The molecule has 8 heteroatoms. The molecular weight excluding hydrogens is 299 g/mol. The first kappa shape index (κ1) is 15.9. The number of nitrogens with zero attached hydrogens (tertiary/aromatic N) is 1. The van der Waals surface area contributed by atoms with Crippen LogP contribution in [0.15, 0.2) is 23.1 Å². The van der Waals surface area contributed by atoms with Crippen molar-refractivity contribution in [2.75, 3.05) is 32.9 Å². The molecule has 1 aromatic carbocycles. The van der Waals surface area contributed by atoms with Gasteiger partial charge in [-0.3, -0.25) is 0 Å². The van der Waals surface area contributed by atoms with Crippen LogP contribution in [0, 0.1) is 17.7 Å². The molecule has 1 aliphatic rings. The number of nitrogens with one attached hydrogen (secondary N) is 1. The molecule has 0 amide bonds. The molecule has 21 heavy (non-hydrogen) atoms. The van der Waals surface area contributed by atoms with E-state index in [1.807, 2.05) is 0 Å². The highest BCUT2D eigenvalue weighted by Crippen LogP contribution is 2.14. The van der Waals surface area contributed by atoms with Crippen LogP contribution in [-0.2, 0) is 14.8 Å². The monoisotopic (exact) mass is 314 g/mol. The Morgan fingerprint density at radius 3 is 2.71 bits per heavy atom. The Morgan fingerprint density at radius 1 is 1.38 bits per heavy atom. The average Bonchev–Trinajstić information content (AvgIpc) is 2.46. The first-order chi connectivity index (χ1) is 10.0. The van der Waals surface area contributed by atoms with Crippen molar-refractivity contribution >= 4 is 10.0 Å². The number of hydrogen-bond acceptors (Lipinski definition) is 5. The van der Waals surface area contributed by atoms with E-state index < -0.39 is 22.4 Å². The Hall–Kier alpha value is -1.50. The van der Waals surface area contributed by atoms with Crippen LogP contribution < -0.4 is 4.83 Å². The summed E-state index contributed by atoms with van der Waals surface area (Å²) in [5.74, 6) is 3.96. The number of sulfonamides is 1. The number of ether oxygens (including phenoxy) is 1. The number of rotatable bonds is 3. The van der Waals surface area contributed by atoms with Gasteiger partial charge in [0.2, 0.25) is 0 Å². The highest BCUT2D eigenvalue weighted by Gasteiger charge is 2.21. The minimum absolute atomic E-state index is 0.0365. The molecule has 0 aliphatic carbocycles. The molecule has 1 fully saturated rings. The lowest BCUT2D eigenvalue weighted by atomic mass is 10.2. The predicted molar refractivity (Wildman–Crippen MR) is 73.1 cm³/mol. The fourth-order valence-electron chi connectivity index (χ4n) is 1.78. The third-order valence-corrected chi connectivity index (χ3v) is 4.19. The summed E-state index contributed by atoms with van der Waals surface area (Å²) in [5.41, 5.74) is 0.0365. The van der Waals surface area contributed by atoms with Gasteiger partial charge in [-0.05, 0) is 18.2 Å². The standard InChI is InChI=1S/C13H15FN2O4S/c14-13-10-12(4-3-11(13)2-1-7-17)21(18,19)15-16-5-8-20-9-6-16/h3-4,10,15,17H,5-9H2. The van der Waals surface area contributed by atoms with E-state index in [0.29, 0.717) is 26.3 Å². The molecule has 6 nitrogen and oxygen atoms in total. The van der Waals surface area contributed by atoms with Crippen molar-refractivity contribution in [3.05, 3.63) is 29.6 Å². The number of aliphatic hydroxyl groups is 1. The van der Waals surface area contributed by atoms with E-state index in [9.17, 15) is 12.8 Å². The number of aliphatic hydroxyl groups excluding tert-OH is 1. The second kappa shape index (κ2) is 6.98. The van der Waals surface area contributed by atoms with Gasteiger partial charge in [-0.1, -0.05) is 11.8 Å². The van der Waals surface area contributed by atoms with Gasteiger partial charge in [0.25, 0.3) is 10.0 Å². The molecule has 2 N–H and O–H groups in total. The molecule has 0 spiro atoms. The first-order valence-electron chi connectivity index (χ1n) is 6.27. The van der Waals surface area contributed by atoms with E-state index in [1.54, 1.807) is 0 Å². The van der Waals surface area contributed by atoms with Crippen LogP contribution in [0.25, 0.3) is 0 Å². The van der Waals surface area contributed by atoms with E-state index in [0.717, 1.165) is 6.07 Å². The van der Waals surface area contributed by atoms with Crippen LogP contribution in [0.4, 0.5) is 4.39 Å². The van der Waals surface area contributed by atoms with Crippen LogP contribution in [0.3, 0.4) is 0 Å². The molecule has 114 valence electrons. The van der Waals surface area contributed by atoms with Gasteiger partial charge in [-0.2, -0.15) is 0 Å². The predicted octanol–water partition coefficient (Wildman–Crippen LogP) is -0.305. The third kappa shape index (κ3) is 4.23. The first-order valence-corrected chi connectivity index (χ1v) is 7.75. The fourth-order valence-corrected chi connectivity index (χ4v) is 2.91. The molecule has 1 heterocycles. The summed E-state index contributed by atoms with van der Waals surface area (Å²) < 4.78 is 43.2. The lowest BCUT2D eigenvalue weighted by Crippen LogP contribution is -2.48. The van der Waals surface area contributed by atoms with E-state index in [4.69, 9.17) is 9.84 Å². The summed E-state index contributed by atoms with van der Waals surface area (Å²) in [7, 11) is -3.84. The SMILES string of the molecule is O=S(=O)(NN1CCOCC1)c1ccc(C#CCO)c(F)c1. The molecule has 0 aromatic heterocycles. The van der Waals surface area contributed by atoms with Gasteiger partial charge in [0.15, 0.2) is 0 Å². The number of morpholine rings is 1. The van der Waals surface area contributed by atoms with E-state index in [-0.39, 0.29) is 10.5 Å². The summed E-state index contributed by atoms with van der Waals surface area (Å²) in [6.07, 6.45) is 0. The van der Waals surface area contributed by atoms with Gasteiger partial charge >= 0.3 is 0 Å². The molecule has 0 saturated carbocycles. The largest absolute Gasteiger partial charge is 0.384 e. The summed E-state index contributed by atoms with van der Waals surface area (Å²) in [5, 5.41) is 10.1. The highest BCUT2D eigenvalue weighted by atomic mass is 32.2. The van der Waals surface area contributed by atoms with Gasteiger partial charge in [-0.25, -0.2) is 17.8 Å². The Kier molecular flexibility index (Phi) is 5.27. The molecule has 1 aromatic rings. The van der Waals surface area contributed by atoms with Gasteiger partial charge in [0.05, 0.1) is 23.7 Å². The molecular formula is C13H15FN2O4S. The zero-order valence-electron chi connectivity index (χ0n) is 11.2. The third-order valence-electron chi connectivity index (χ3n) is 2.81. The molecule has 0 atom stereocenters. The lowest BCUT2D eigenvalue weighted by Gasteiger charge is -2.26. The number of hydrazine groups is 1. The van der Waals surface area contributed by atoms with Gasteiger partial charge in [0, 0.05) is 13.1 Å². The Bertz CT molecular complexity index is 660. The maximum atomic E-state index is 13.8. The highest BCUT2D eigenvalue weighted by molar-refractivity contribution is 7.89. The van der Waals surface area contributed by atoms with Crippen molar-refractivity contribution in [1.29, 1.82) is 0 Å². The normalized spacial score (nSPS) is 16.3. The van der Waals surface area contributed by atoms with Crippen molar-refractivity contribution in [1.82, 2.24) is 9.84 Å². The molecule has 0 bridgehead atoms. The summed E-state index contributed by atoms with van der Waals surface area (Å²) in [6, 6.07) is 3.45.